The Kier molecular flexibility index (Phi) is 3.84. The van der Waals surface area contributed by atoms with Crippen LogP contribution in [0.25, 0.3) is 0 Å². The van der Waals surface area contributed by atoms with Crippen molar-refractivity contribution in [3.05, 3.63) is 57.8 Å². The van der Waals surface area contributed by atoms with Crippen LogP contribution in [0.3, 0.4) is 0 Å². The van der Waals surface area contributed by atoms with E-state index >= 15 is 0 Å². The third-order valence-electron chi connectivity index (χ3n) is 2.32. The number of pyridine rings is 1. The monoisotopic (exact) mass is 280 g/mol. The number of hydrogen-bond acceptors (Lipinski definition) is 2. The summed E-state index contributed by atoms with van der Waals surface area (Å²) in [7, 11) is 0. The zero-order chi connectivity index (χ0) is 13.1. The quantitative estimate of drug-likeness (QED) is 0.905. The number of aryl methyl sites for hydroxylation is 1. The molecule has 0 saturated heterocycles. The summed E-state index contributed by atoms with van der Waals surface area (Å²) in [5, 5.41) is 3.65. The summed E-state index contributed by atoms with van der Waals surface area (Å²) in [5.74, 6) is -0.343. The zero-order valence-corrected chi connectivity index (χ0v) is 11.1. The SMILES string of the molecule is Cc1ccc(Cl)c(NC(=O)c2cc(Cl)ccn2)c1. The number of nitrogens with one attached hydrogen (secondary N) is 1. The third kappa shape index (κ3) is 3.00. The average Bonchev–Trinajstić information content (AvgIpc) is 2.34. The second kappa shape index (κ2) is 5.38. The van der Waals surface area contributed by atoms with E-state index in [2.05, 4.69) is 10.3 Å². The number of hydrogen-bond donors (Lipinski definition) is 1. The molecule has 2 aromatic rings. The Labute approximate surface area is 115 Å². The smallest absolute Gasteiger partial charge is 0.274 e. The molecule has 0 radical (unpaired) electrons. The lowest BCUT2D eigenvalue weighted by Gasteiger charge is -2.07. The van der Waals surface area contributed by atoms with Crippen molar-refractivity contribution < 1.29 is 4.79 Å². The van der Waals surface area contributed by atoms with Crippen LogP contribution in [0, 0.1) is 6.92 Å². The van der Waals surface area contributed by atoms with E-state index in [0.717, 1.165) is 5.56 Å². The van der Waals surface area contributed by atoms with Crippen LogP contribution in [0.4, 0.5) is 5.69 Å². The standard InChI is InChI=1S/C13H10Cl2N2O/c1-8-2-3-10(15)11(6-8)17-13(18)12-7-9(14)4-5-16-12/h2-7H,1H3,(H,17,18). The molecule has 0 atom stereocenters. The van der Waals surface area contributed by atoms with Gasteiger partial charge in [0.1, 0.15) is 5.69 Å². The van der Waals surface area contributed by atoms with Gasteiger partial charge in [-0.15, -0.1) is 0 Å². The largest absolute Gasteiger partial charge is 0.319 e. The Morgan fingerprint density at radius 2 is 2.00 bits per heavy atom. The molecular weight excluding hydrogens is 271 g/mol. The van der Waals surface area contributed by atoms with E-state index in [1.807, 2.05) is 13.0 Å². The highest BCUT2D eigenvalue weighted by Crippen LogP contribution is 2.23. The van der Waals surface area contributed by atoms with Crippen LogP contribution in [0.1, 0.15) is 16.1 Å². The van der Waals surface area contributed by atoms with Crippen molar-refractivity contribution >= 4 is 34.8 Å². The lowest BCUT2D eigenvalue weighted by atomic mass is 10.2. The van der Waals surface area contributed by atoms with Gasteiger partial charge in [0.2, 0.25) is 0 Å². The van der Waals surface area contributed by atoms with Gasteiger partial charge in [-0.25, -0.2) is 0 Å². The molecule has 1 aromatic heterocycles. The number of carbonyl (C=O) groups is 1. The maximum absolute atomic E-state index is 11.9. The van der Waals surface area contributed by atoms with E-state index in [-0.39, 0.29) is 11.6 Å². The molecule has 0 fully saturated rings. The van der Waals surface area contributed by atoms with Gasteiger partial charge in [-0.2, -0.15) is 0 Å². The van der Waals surface area contributed by atoms with Crippen molar-refractivity contribution in [1.29, 1.82) is 0 Å². The third-order valence-corrected chi connectivity index (χ3v) is 2.89. The van der Waals surface area contributed by atoms with E-state index < -0.39 is 0 Å². The van der Waals surface area contributed by atoms with Gasteiger partial charge in [0.15, 0.2) is 0 Å². The first-order valence-electron chi connectivity index (χ1n) is 5.25. The van der Waals surface area contributed by atoms with E-state index in [1.165, 1.54) is 12.3 Å². The van der Waals surface area contributed by atoms with Crippen LogP contribution in [-0.2, 0) is 0 Å². The number of anilines is 1. The molecule has 0 aliphatic rings. The number of aromatic nitrogens is 1. The van der Waals surface area contributed by atoms with Gasteiger partial charge in [0, 0.05) is 11.2 Å². The van der Waals surface area contributed by atoms with Crippen LogP contribution >= 0.6 is 23.2 Å². The predicted octanol–water partition coefficient (Wildman–Crippen LogP) is 3.95. The van der Waals surface area contributed by atoms with Crippen molar-refractivity contribution in [2.75, 3.05) is 5.32 Å². The molecule has 1 heterocycles. The first-order chi connectivity index (χ1) is 8.56. The second-order valence-corrected chi connectivity index (χ2v) is 4.64. The Balaban J connectivity index is 2.24. The van der Waals surface area contributed by atoms with Crippen LogP contribution in [0.5, 0.6) is 0 Å². The number of nitrogens with zero attached hydrogens (tertiary/aromatic N) is 1. The predicted molar refractivity (Wildman–Crippen MR) is 73.4 cm³/mol. The molecule has 5 heteroatoms. The number of halogens is 2. The van der Waals surface area contributed by atoms with E-state index in [0.29, 0.717) is 15.7 Å². The number of amides is 1. The molecule has 0 spiro atoms. The molecule has 0 saturated carbocycles. The van der Waals surface area contributed by atoms with Crippen LogP contribution in [0.2, 0.25) is 10.0 Å². The molecule has 0 aliphatic heterocycles. The Hall–Kier alpha value is -1.58. The molecular formula is C13H10Cl2N2O. The van der Waals surface area contributed by atoms with Gasteiger partial charge in [0.25, 0.3) is 5.91 Å². The fraction of sp³-hybridized carbons (Fsp3) is 0.0769. The van der Waals surface area contributed by atoms with Gasteiger partial charge >= 0.3 is 0 Å². The number of carbonyl (C=O) groups excluding carboxylic acids is 1. The number of benzene rings is 1. The molecule has 92 valence electrons. The van der Waals surface area contributed by atoms with Crippen molar-refractivity contribution in [1.82, 2.24) is 4.98 Å². The Bertz CT molecular complexity index is 599. The topological polar surface area (TPSA) is 42.0 Å². The zero-order valence-electron chi connectivity index (χ0n) is 9.58. The van der Waals surface area contributed by atoms with Gasteiger partial charge in [-0.05, 0) is 36.8 Å². The lowest BCUT2D eigenvalue weighted by molar-refractivity contribution is 0.102. The molecule has 0 aliphatic carbocycles. The lowest BCUT2D eigenvalue weighted by Crippen LogP contribution is -2.13. The summed E-state index contributed by atoms with van der Waals surface area (Å²) >= 11 is 11.8. The highest BCUT2D eigenvalue weighted by atomic mass is 35.5. The van der Waals surface area contributed by atoms with Gasteiger partial charge < -0.3 is 5.32 Å². The van der Waals surface area contributed by atoms with Gasteiger partial charge in [-0.3, -0.25) is 9.78 Å². The van der Waals surface area contributed by atoms with Crippen molar-refractivity contribution in [2.24, 2.45) is 0 Å². The fourth-order valence-corrected chi connectivity index (χ4v) is 1.77. The maximum atomic E-state index is 11.9. The summed E-state index contributed by atoms with van der Waals surface area (Å²) in [6.45, 7) is 1.92. The van der Waals surface area contributed by atoms with Crippen molar-refractivity contribution in [3.63, 3.8) is 0 Å². The van der Waals surface area contributed by atoms with E-state index in [1.54, 1.807) is 18.2 Å². The molecule has 18 heavy (non-hydrogen) atoms. The highest BCUT2D eigenvalue weighted by Gasteiger charge is 2.10. The second-order valence-electron chi connectivity index (χ2n) is 3.80. The minimum absolute atomic E-state index is 0.250. The van der Waals surface area contributed by atoms with Gasteiger partial charge in [0.05, 0.1) is 10.7 Å². The minimum Gasteiger partial charge on any atom is -0.319 e. The summed E-state index contributed by atoms with van der Waals surface area (Å²) in [6, 6.07) is 8.51. The van der Waals surface area contributed by atoms with Crippen LogP contribution < -0.4 is 5.32 Å². The van der Waals surface area contributed by atoms with E-state index in [9.17, 15) is 4.79 Å². The summed E-state index contributed by atoms with van der Waals surface area (Å²) in [5.41, 5.74) is 1.82. The van der Waals surface area contributed by atoms with Crippen LogP contribution in [-0.4, -0.2) is 10.9 Å². The Morgan fingerprint density at radius 3 is 2.72 bits per heavy atom. The maximum Gasteiger partial charge on any atom is 0.274 e. The van der Waals surface area contributed by atoms with E-state index in [4.69, 9.17) is 23.2 Å². The molecule has 2 rings (SSSR count). The Morgan fingerprint density at radius 1 is 1.22 bits per heavy atom. The van der Waals surface area contributed by atoms with Crippen molar-refractivity contribution in [2.45, 2.75) is 6.92 Å². The summed E-state index contributed by atoms with van der Waals surface area (Å²) in [6.07, 6.45) is 1.48. The fourth-order valence-electron chi connectivity index (χ4n) is 1.45. The normalized spacial score (nSPS) is 10.2. The molecule has 3 nitrogen and oxygen atoms in total. The first kappa shape index (κ1) is 12.9. The molecule has 0 unspecified atom stereocenters. The molecule has 1 N–H and O–H groups in total. The first-order valence-corrected chi connectivity index (χ1v) is 6.01. The summed E-state index contributed by atoms with van der Waals surface area (Å²) < 4.78 is 0. The van der Waals surface area contributed by atoms with Crippen LogP contribution in [0.15, 0.2) is 36.5 Å². The molecule has 0 bridgehead atoms. The summed E-state index contributed by atoms with van der Waals surface area (Å²) in [4.78, 5) is 15.9. The van der Waals surface area contributed by atoms with Gasteiger partial charge in [-0.1, -0.05) is 29.3 Å². The highest BCUT2D eigenvalue weighted by molar-refractivity contribution is 6.34. The minimum atomic E-state index is -0.343. The average molecular weight is 281 g/mol. The molecule has 1 amide bonds. The molecule has 1 aromatic carbocycles. The number of rotatable bonds is 2. The van der Waals surface area contributed by atoms with Crippen molar-refractivity contribution in [3.8, 4) is 0 Å².